The predicted molar refractivity (Wildman–Crippen MR) is 289 cm³/mol. The van der Waals surface area contributed by atoms with Gasteiger partial charge in [0, 0.05) is 21.7 Å². The minimum atomic E-state index is -1.61. The molecule has 81 heavy (non-hydrogen) atoms. The fraction of sp³-hybridized carbons (Fsp3) is 0.200. The number of aliphatic hydroxyl groups is 1. The lowest BCUT2D eigenvalue weighted by Gasteiger charge is -2.20. The van der Waals surface area contributed by atoms with E-state index in [1.54, 1.807) is 6.92 Å². The normalized spacial score (nSPS) is 16.6. The van der Waals surface area contributed by atoms with Gasteiger partial charge in [-0.2, -0.15) is 0 Å². The number of fused-ring (bicyclic) bond motifs is 13. The first-order valence-corrected chi connectivity index (χ1v) is 26.2. The van der Waals surface area contributed by atoms with Gasteiger partial charge in [-0.25, -0.2) is 29.9 Å². The fourth-order valence-electron chi connectivity index (χ4n) is 6.80. The number of aromatic nitrogens is 6. The van der Waals surface area contributed by atoms with Gasteiger partial charge in [-0.05, 0) is 46.8 Å². The molecule has 6 aromatic heterocycles. The zero-order valence-electron chi connectivity index (χ0n) is 43.3. The van der Waals surface area contributed by atoms with Crippen LogP contribution < -0.4 is 47.9 Å². The van der Waals surface area contributed by atoms with E-state index in [2.05, 4.69) is 104 Å². The summed E-state index contributed by atoms with van der Waals surface area (Å²) in [5.41, 5.74) is -2.62. The fourth-order valence-corrected chi connectivity index (χ4v) is 9.15. The van der Waals surface area contributed by atoms with Gasteiger partial charge in [0.25, 0.3) is 47.3 Å². The van der Waals surface area contributed by atoms with E-state index in [4.69, 9.17) is 8.83 Å². The van der Waals surface area contributed by atoms with Crippen molar-refractivity contribution >= 4 is 104 Å². The Kier molecular flexibility index (Phi) is 18.3. The summed E-state index contributed by atoms with van der Waals surface area (Å²) in [6.45, 7) is 21.1. The number of aliphatic hydroxyl groups excluding tert-OH is 1. The summed E-state index contributed by atoms with van der Waals surface area (Å²) in [5, 5.41) is 37.7. The number of hydrogen-bond acceptors (Lipinski definition) is 22. The second-order valence-corrected chi connectivity index (χ2v) is 19.9. The van der Waals surface area contributed by atoms with Crippen molar-refractivity contribution in [1.29, 1.82) is 0 Å². The molecule has 418 valence electrons. The van der Waals surface area contributed by atoms with Crippen molar-refractivity contribution in [2.24, 2.45) is 0 Å². The largest absolute Gasteiger partial charge is 0.443 e. The number of rotatable bonds is 8. The molecule has 10 bridgehead atoms. The summed E-state index contributed by atoms with van der Waals surface area (Å²) in [5.74, 6) is -8.56. The molecule has 0 saturated carbocycles. The van der Waals surface area contributed by atoms with Crippen molar-refractivity contribution in [3.63, 3.8) is 0 Å². The van der Waals surface area contributed by atoms with Crippen molar-refractivity contribution < 1.29 is 61.9 Å². The lowest BCUT2D eigenvalue weighted by molar-refractivity contribution is -0.124. The van der Waals surface area contributed by atoms with Gasteiger partial charge < -0.3 is 61.8 Å². The van der Waals surface area contributed by atoms with E-state index in [-0.39, 0.29) is 98.2 Å². The van der Waals surface area contributed by atoms with E-state index in [0.29, 0.717) is 10.0 Å². The van der Waals surface area contributed by atoms with Gasteiger partial charge in [-0.3, -0.25) is 47.9 Å². The number of allylic oxidation sites excluding steroid dienone is 1. The number of hydrogen-bond donors (Lipinski definition) is 10. The first-order valence-electron chi connectivity index (χ1n) is 23.6. The summed E-state index contributed by atoms with van der Waals surface area (Å²) in [6.07, 6.45) is 1.00. The molecule has 31 heteroatoms. The molecule has 1 aliphatic rings. The van der Waals surface area contributed by atoms with Crippen LogP contribution in [0, 0.1) is 6.92 Å². The Bertz CT molecular complexity index is 3680. The third-order valence-electron chi connectivity index (χ3n) is 11.0. The predicted octanol–water partition coefficient (Wildman–Crippen LogP) is 2.07. The first kappa shape index (κ1) is 58.7. The molecule has 28 nitrogen and oxygen atoms in total. The van der Waals surface area contributed by atoms with E-state index in [0.717, 1.165) is 40.3 Å². The molecule has 0 saturated heterocycles. The number of aryl methyl sites for hydroxylation is 1. The van der Waals surface area contributed by atoms with Crippen LogP contribution >= 0.6 is 34.0 Å². The van der Waals surface area contributed by atoms with Crippen LogP contribution in [0.5, 0.6) is 0 Å². The SMILES string of the molecule is C=C(NC(=O)C(=C)NC(=O)c1ccc2c(n1)-c1coc(n1)C(=C)NC(=O)C(=C)NC(=O)c1csc(n1)C(C)NC(=O)c1csc(n1)CNC(=O)c1nc(oc1C)/C(=C\C)NC(=O)C(C(C)O)NC(=O)c1csc-2n1)C(=O)NCC(C)=O. The number of oxazole rings is 2. The molecule has 9 amide bonds. The molecule has 7 rings (SSSR count). The van der Waals surface area contributed by atoms with Crippen LogP contribution in [0.4, 0.5) is 0 Å². The van der Waals surface area contributed by atoms with Gasteiger partial charge in [0.2, 0.25) is 17.7 Å². The molecule has 0 spiro atoms. The summed E-state index contributed by atoms with van der Waals surface area (Å²) in [6, 6.07) is 0.275. The van der Waals surface area contributed by atoms with Gasteiger partial charge in [0.15, 0.2) is 5.69 Å². The smallest absolute Gasteiger partial charge is 0.275 e. The average molecular weight is 1160 g/mol. The third-order valence-corrected chi connectivity index (χ3v) is 13.7. The van der Waals surface area contributed by atoms with Gasteiger partial charge in [-0.1, -0.05) is 32.4 Å². The standard InChI is InChI=1S/C50H47N15O13S3/c1-10-28-48-65-36(26(9)78-48)45(75)52-14-34-58-31(16-79-34)42(72)57-24(7)49-62-32(17-80-49)43(73)55-22(5)40(70)56-23(6)47-61-30(15-77-47)37-27(50-63-33(18-81-50)44(74)64-35(25(8)67)46(76)60-28)11-12-29(59-37)41(71)54-21(4)39(69)53-20(3)38(68)51-13-19(2)66/h10-12,15-18,24-25,35,67H,3-6,13-14H2,1-2,7-9H3,(H,51,68)(H,52,75)(H,53,69)(H,54,71)(H,55,73)(H,56,70)(H,57,72)(H,60,76)(H,64,74)/b28-10+. The number of nitrogens with one attached hydrogen (secondary N) is 9. The summed E-state index contributed by atoms with van der Waals surface area (Å²) in [4.78, 5) is 157. The second-order valence-electron chi connectivity index (χ2n) is 17.2. The molecule has 0 aromatic carbocycles. The van der Waals surface area contributed by atoms with E-state index in [1.807, 2.05) is 0 Å². The Morgan fingerprint density at radius 3 is 2.15 bits per heavy atom. The maximum Gasteiger partial charge on any atom is 0.275 e. The minimum absolute atomic E-state index is 0.0256. The summed E-state index contributed by atoms with van der Waals surface area (Å²) in [7, 11) is 0. The lowest BCUT2D eigenvalue weighted by Crippen LogP contribution is -2.52. The van der Waals surface area contributed by atoms with Crippen LogP contribution in [0.3, 0.4) is 0 Å². The van der Waals surface area contributed by atoms with Gasteiger partial charge >= 0.3 is 0 Å². The van der Waals surface area contributed by atoms with Crippen LogP contribution in [0.25, 0.3) is 33.4 Å². The number of thiazole rings is 3. The minimum Gasteiger partial charge on any atom is -0.443 e. The van der Waals surface area contributed by atoms with Gasteiger partial charge in [0.1, 0.15) is 73.0 Å². The highest BCUT2D eigenvalue weighted by Gasteiger charge is 2.31. The number of nitrogens with zero attached hydrogens (tertiary/aromatic N) is 6. The molecular formula is C50H47N15O13S3. The Labute approximate surface area is 469 Å². The van der Waals surface area contributed by atoms with Crippen LogP contribution in [-0.2, 0) is 30.5 Å². The highest BCUT2D eigenvalue weighted by atomic mass is 32.1. The molecule has 10 N–H and O–H groups in total. The lowest BCUT2D eigenvalue weighted by atomic mass is 10.1. The molecule has 7 heterocycles. The monoisotopic (exact) mass is 1160 g/mol. The molecule has 6 aromatic rings. The number of amides is 9. The Morgan fingerprint density at radius 2 is 1.43 bits per heavy atom. The maximum atomic E-state index is 13.8. The molecular weight excluding hydrogens is 1110 g/mol. The number of ketones is 1. The topological polar surface area (TPSA) is 403 Å². The number of carbonyl (C=O) groups excluding carboxylic acids is 10. The molecule has 0 aliphatic carbocycles. The van der Waals surface area contributed by atoms with Crippen LogP contribution in [-0.4, -0.2) is 113 Å². The van der Waals surface area contributed by atoms with E-state index in [9.17, 15) is 53.1 Å². The second kappa shape index (κ2) is 25.2. The number of carbonyl (C=O) groups is 10. The first-order chi connectivity index (χ1) is 38.4. The molecule has 1 aliphatic heterocycles. The van der Waals surface area contributed by atoms with Crippen LogP contribution in [0.15, 0.2) is 92.9 Å². The van der Waals surface area contributed by atoms with E-state index < -0.39 is 88.4 Å². The van der Waals surface area contributed by atoms with Crippen LogP contribution in [0.2, 0.25) is 0 Å². The Morgan fingerprint density at radius 1 is 0.765 bits per heavy atom. The van der Waals surface area contributed by atoms with Crippen LogP contribution in [0.1, 0.15) is 114 Å². The van der Waals surface area contributed by atoms with E-state index >= 15 is 0 Å². The maximum absolute atomic E-state index is 13.8. The highest BCUT2D eigenvalue weighted by molar-refractivity contribution is 7.13. The molecule has 3 unspecified atom stereocenters. The average Bonchev–Trinajstić information content (AvgIpc) is 4.37. The number of Topliss-reactive ketones (excluding diaryl/α,β-unsaturated/α-hetero) is 1. The third kappa shape index (κ3) is 14.2. The van der Waals surface area contributed by atoms with Crippen molar-refractivity contribution in [1.82, 2.24) is 77.8 Å². The van der Waals surface area contributed by atoms with Crippen molar-refractivity contribution in [3.05, 3.63) is 140 Å². The quantitative estimate of drug-likeness (QED) is 0.0975. The summed E-state index contributed by atoms with van der Waals surface area (Å²) >= 11 is 3.06. The highest BCUT2D eigenvalue weighted by Crippen LogP contribution is 2.34. The van der Waals surface area contributed by atoms with Crippen molar-refractivity contribution in [3.8, 4) is 22.0 Å². The zero-order valence-corrected chi connectivity index (χ0v) is 45.7. The Balaban J connectivity index is 1.19. The molecule has 0 radical (unpaired) electrons. The van der Waals surface area contributed by atoms with Gasteiger partial charge in [0.05, 0.1) is 53.7 Å². The summed E-state index contributed by atoms with van der Waals surface area (Å²) < 4.78 is 11.4. The van der Waals surface area contributed by atoms with Crippen molar-refractivity contribution in [2.45, 2.75) is 59.4 Å². The van der Waals surface area contributed by atoms with Crippen molar-refractivity contribution in [2.75, 3.05) is 6.54 Å². The Hall–Kier alpha value is -9.98. The molecule has 3 atom stereocenters. The van der Waals surface area contributed by atoms with E-state index in [1.165, 1.54) is 62.0 Å². The molecule has 0 fully saturated rings. The van der Waals surface area contributed by atoms with Gasteiger partial charge in [-0.15, -0.1) is 34.0 Å². The zero-order chi connectivity index (χ0) is 59.0. The number of pyridine rings is 1.